The van der Waals surface area contributed by atoms with Crippen molar-refractivity contribution < 1.29 is 0 Å². The average molecular weight is 248 g/mol. The lowest BCUT2D eigenvalue weighted by Crippen LogP contribution is -2.24. The van der Waals surface area contributed by atoms with Crippen molar-refractivity contribution in [2.45, 2.75) is 53.6 Å². The molecule has 18 heavy (non-hydrogen) atoms. The fourth-order valence-electron chi connectivity index (χ4n) is 1.93. The third-order valence-corrected chi connectivity index (χ3v) is 3.13. The fourth-order valence-corrected chi connectivity index (χ4v) is 1.93. The van der Waals surface area contributed by atoms with Crippen LogP contribution in [0.1, 0.15) is 41.5 Å². The molecule has 0 aromatic heterocycles. The van der Waals surface area contributed by atoms with Crippen LogP contribution in [0, 0.1) is 46.3 Å². The van der Waals surface area contributed by atoms with Gasteiger partial charge in [0.25, 0.3) is 0 Å². The molecular weight excluding hydrogens is 224 g/mol. The van der Waals surface area contributed by atoms with Gasteiger partial charge in [-0.3, -0.25) is 0 Å². The summed E-state index contributed by atoms with van der Waals surface area (Å²) in [6, 6.07) is 4.26. The maximum Gasteiger partial charge on any atom is 0.0886 e. The molecule has 0 fully saturated rings. The molecule has 0 amide bonds. The molecular formula is C14H24N4. The summed E-state index contributed by atoms with van der Waals surface area (Å²) in [6.45, 7) is 11.9. The molecule has 0 saturated heterocycles. The zero-order valence-corrected chi connectivity index (χ0v) is 12.3. The van der Waals surface area contributed by atoms with E-state index in [-0.39, 0.29) is 35.8 Å². The summed E-state index contributed by atoms with van der Waals surface area (Å²) < 4.78 is 0. The lowest BCUT2D eigenvalue weighted by Gasteiger charge is -2.21. The third kappa shape index (κ3) is 4.84. The molecule has 4 heteroatoms. The Morgan fingerprint density at radius 1 is 0.667 bits per heavy atom. The van der Waals surface area contributed by atoms with Crippen molar-refractivity contribution in [1.82, 2.24) is 0 Å². The Kier molecular flexibility index (Phi) is 7.20. The van der Waals surface area contributed by atoms with Crippen LogP contribution in [-0.2, 0) is 0 Å². The van der Waals surface area contributed by atoms with Gasteiger partial charge in [-0.05, 0) is 25.7 Å². The molecule has 0 aliphatic carbocycles. The summed E-state index contributed by atoms with van der Waals surface area (Å²) in [6.07, 6.45) is 0. The van der Waals surface area contributed by atoms with Crippen molar-refractivity contribution >= 4 is 0 Å². The zero-order valence-electron chi connectivity index (χ0n) is 12.3. The van der Waals surface area contributed by atoms with E-state index >= 15 is 0 Å². The van der Waals surface area contributed by atoms with Crippen LogP contribution in [0.3, 0.4) is 0 Å². The fraction of sp³-hybridized carbons (Fsp3) is 0.857. The van der Waals surface area contributed by atoms with Crippen LogP contribution in [0.2, 0.25) is 0 Å². The second-order valence-electron chi connectivity index (χ2n) is 5.54. The zero-order chi connectivity index (χ0) is 14.3. The van der Waals surface area contributed by atoms with Crippen molar-refractivity contribution in [3.8, 4) is 12.1 Å². The SMILES string of the molecule is CC(C)C(/N=N/C(C(C)C)C(C)C#N)C(C)C#N. The Morgan fingerprint density at radius 3 is 1.11 bits per heavy atom. The lowest BCUT2D eigenvalue weighted by atomic mass is 9.93. The van der Waals surface area contributed by atoms with Crippen LogP contribution in [0.25, 0.3) is 0 Å². The Morgan fingerprint density at radius 2 is 0.944 bits per heavy atom. The van der Waals surface area contributed by atoms with Crippen molar-refractivity contribution in [2.75, 3.05) is 0 Å². The number of hydrogen-bond donors (Lipinski definition) is 0. The van der Waals surface area contributed by atoms with Crippen LogP contribution < -0.4 is 0 Å². The molecule has 0 aliphatic rings. The maximum absolute atomic E-state index is 8.98. The third-order valence-electron chi connectivity index (χ3n) is 3.13. The van der Waals surface area contributed by atoms with Crippen molar-refractivity contribution in [3.05, 3.63) is 0 Å². The van der Waals surface area contributed by atoms with E-state index in [0.29, 0.717) is 0 Å². The highest BCUT2D eigenvalue weighted by atomic mass is 15.1. The van der Waals surface area contributed by atoms with Gasteiger partial charge in [0.05, 0.1) is 36.1 Å². The predicted molar refractivity (Wildman–Crippen MR) is 71.7 cm³/mol. The Balaban J connectivity index is 4.95. The smallest absolute Gasteiger partial charge is 0.0886 e. The van der Waals surface area contributed by atoms with Crippen LogP contribution in [0.5, 0.6) is 0 Å². The van der Waals surface area contributed by atoms with E-state index in [1.807, 2.05) is 41.5 Å². The van der Waals surface area contributed by atoms with Gasteiger partial charge in [-0.25, -0.2) is 0 Å². The first-order valence-corrected chi connectivity index (χ1v) is 6.54. The van der Waals surface area contributed by atoms with Crippen LogP contribution >= 0.6 is 0 Å². The minimum absolute atomic E-state index is 0.0952. The predicted octanol–water partition coefficient (Wildman–Crippen LogP) is 3.81. The minimum Gasteiger partial charge on any atom is -0.198 e. The second-order valence-corrected chi connectivity index (χ2v) is 5.54. The number of azo groups is 1. The van der Waals surface area contributed by atoms with Gasteiger partial charge in [0, 0.05) is 0 Å². The largest absolute Gasteiger partial charge is 0.198 e. The summed E-state index contributed by atoms with van der Waals surface area (Å²) in [5, 5.41) is 26.6. The highest BCUT2D eigenvalue weighted by Gasteiger charge is 2.23. The minimum atomic E-state index is -0.154. The molecule has 0 heterocycles. The second kappa shape index (κ2) is 7.82. The van der Waals surface area contributed by atoms with Gasteiger partial charge in [-0.1, -0.05) is 27.7 Å². The van der Waals surface area contributed by atoms with E-state index in [1.165, 1.54) is 0 Å². The van der Waals surface area contributed by atoms with E-state index in [1.54, 1.807) is 0 Å². The molecule has 0 spiro atoms. The average Bonchev–Trinajstić information content (AvgIpc) is 2.31. The van der Waals surface area contributed by atoms with Gasteiger partial charge in [0.1, 0.15) is 0 Å². The summed E-state index contributed by atoms with van der Waals surface area (Å²) in [4.78, 5) is 0. The highest BCUT2D eigenvalue weighted by Crippen LogP contribution is 2.21. The molecule has 0 rings (SSSR count). The number of nitrogens with zero attached hydrogens (tertiary/aromatic N) is 4. The molecule has 4 unspecified atom stereocenters. The van der Waals surface area contributed by atoms with E-state index in [4.69, 9.17) is 10.5 Å². The standard InChI is InChI=1S/C14H24N4/c1-9(2)13(11(5)7-15)17-18-14(10(3)4)12(6)8-16/h9-14H,1-6H3/b18-17+. The summed E-state index contributed by atoms with van der Waals surface area (Å²) >= 11 is 0. The van der Waals surface area contributed by atoms with Gasteiger partial charge in [-0.15, -0.1) is 0 Å². The molecule has 4 nitrogen and oxygen atoms in total. The quantitative estimate of drug-likeness (QED) is 0.670. The Hall–Kier alpha value is -1.42. The van der Waals surface area contributed by atoms with Gasteiger partial charge in [-0.2, -0.15) is 20.8 Å². The van der Waals surface area contributed by atoms with Crippen molar-refractivity contribution in [2.24, 2.45) is 33.9 Å². The number of nitriles is 2. The molecule has 0 radical (unpaired) electrons. The topological polar surface area (TPSA) is 72.3 Å². The number of hydrogen-bond acceptors (Lipinski definition) is 4. The van der Waals surface area contributed by atoms with Gasteiger partial charge in [0.2, 0.25) is 0 Å². The van der Waals surface area contributed by atoms with E-state index in [9.17, 15) is 0 Å². The Bertz CT molecular complexity index is 312. The summed E-state index contributed by atoms with van der Waals surface area (Å²) in [5.41, 5.74) is 0. The molecule has 0 bridgehead atoms. The van der Waals surface area contributed by atoms with Crippen molar-refractivity contribution in [1.29, 1.82) is 10.5 Å². The molecule has 0 aromatic rings. The molecule has 4 atom stereocenters. The molecule has 100 valence electrons. The first-order valence-electron chi connectivity index (χ1n) is 6.54. The monoisotopic (exact) mass is 248 g/mol. The summed E-state index contributed by atoms with van der Waals surface area (Å²) in [5.74, 6) is 0.236. The highest BCUT2D eigenvalue weighted by molar-refractivity contribution is 4.93. The molecule has 0 saturated carbocycles. The van der Waals surface area contributed by atoms with E-state index < -0.39 is 0 Å². The van der Waals surface area contributed by atoms with E-state index in [2.05, 4.69) is 22.4 Å². The van der Waals surface area contributed by atoms with Gasteiger partial charge >= 0.3 is 0 Å². The first kappa shape index (κ1) is 16.6. The number of rotatable bonds is 6. The van der Waals surface area contributed by atoms with Crippen LogP contribution in [0.4, 0.5) is 0 Å². The van der Waals surface area contributed by atoms with Crippen LogP contribution in [-0.4, -0.2) is 12.1 Å². The lowest BCUT2D eigenvalue weighted by molar-refractivity contribution is 0.359. The van der Waals surface area contributed by atoms with Crippen LogP contribution in [0.15, 0.2) is 10.2 Å². The maximum atomic E-state index is 8.98. The Labute approximate surface area is 111 Å². The first-order chi connectivity index (χ1) is 8.34. The van der Waals surface area contributed by atoms with Gasteiger partial charge in [0.15, 0.2) is 0 Å². The summed E-state index contributed by atoms with van der Waals surface area (Å²) in [7, 11) is 0. The molecule has 0 N–H and O–H groups in total. The van der Waals surface area contributed by atoms with E-state index in [0.717, 1.165) is 0 Å². The molecule has 0 aromatic carbocycles. The van der Waals surface area contributed by atoms with Crippen molar-refractivity contribution in [3.63, 3.8) is 0 Å². The molecule has 0 aliphatic heterocycles. The normalized spacial score (nSPS) is 18.3. The van der Waals surface area contributed by atoms with Gasteiger partial charge < -0.3 is 0 Å².